The normalized spacial score (nSPS) is 15.5. The molecule has 3 aromatic rings. The molecular formula is C25H21FN2O3. The maximum absolute atomic E-state index is 13.0. The van der Waals surface area contributed by atoms with Crippen molar-refractivity contribution in [3.05, 3.63) is 95.8 Å². The number of fused-ring (bicyclic) bond motifs is 1. The first-order valence-corrected chi connectivity index (χ1v) is 9.90. The quantitative estimate of drug-likeness (QED) is 0.609. The highest BCUT2D eigenvalue weighted by Gasteiger charge is 2.31. The van der Waals surface area contributed by atoms with Gasteiger partial charge in [-0.1, -0.05) is 42.5 Å². The van der Waals surface area contributed by atoms with Crippen LogP contribution < -0.4 is 15.0 Å². The van der Waals surface area contributed by atoms with Crippen molar-refractivity contribution >= 4 is 29.3 Å². The molecule has 31 heavy (non-hydrogen) atoms. The molecule has 0 aromatic heterocycles. The highest BCUT2D eigenvalue weighted by Crippen LogP contribution is 2.37. The van der Waals surface area contributed by atoms with Crippen LogP contribution in [-0.4, -0.2) is 17.9 Å². The fourth-order valence-electron chi connectivity index (χ4n) is 3.35. The molecule has 1 aliphatic rings. The number of rotatable bonds is 5. The van der Waals surface area contributed by atoms with Crippen LogP contribution in [0.2, 0.25) is 0 Å². The number of hydrogen-bond acceptors (Lipinski definition) is 3. The molecule has 4 rings (SSSR count). The summed E-state index contributed by atoms with van der Waals surface area (Å²) in [7, 11) is 0. The summed E-state index contributed by atoms with van der Waals surface area (Å²) in [6, 6.07) is 20.8. The number of amides is 2. The Hall–Kier alpha value is -3.93. The zero-order valence-corrected chi connectivity index (χ0v) is 16.9. The average Bonchev–Trinajstić information content (AvgIpc) is 2.77. The molecule has 1 heterocycles. The van der Waals surface area contributed by atoms with E-state index in [9.17, 15) is 14.0 Å². The molecule has 1 atom stereocenters. The van der Waals surface area contributed by atoms with Crippen molar-refractivity contribution in [3.63, 3.8) is 0 Å². The fourth-order valence-corrected chi connectivity index (χ4v) is 3.35. The Labute approximate surface area is 179 Å². The van der Waals surface area contributed by atoms with Crippen LogP contribution in [0.4, 0.5) is 15.8 Å². The highest BCUT2D eigenvalue weighted by atomic mass is 19.1. The molecule has 156 valence electrons. The zero-order valence-electron chi connectivity index (χ0n) is 16.9. The monoisotopic (exact) mass is 416 g/mol. The number of benzene rings is 3. The van der Waals surface area contributed by atoms with Crippen LogP contribution in [0.3, 0.4) is 0 Å². The van der Waals surface area contributed by atoms with E-state index in [2.05, 4.69) is 5.32 Å². The topological polar surface area (TPSA) is 58.6 Å². The van der Waals surface area contributed by atoms with Crippen molar-refractivity contribution in [2.75, 3.05) is 10.2 Å². The molecule has 2 amide bonds. The highest BCUT2D eigenvalue weighted by molar-refractivity contribution is 6.03. The van der Waals surface area contributed by atoms with Crippen LogP contribution in [0.1, 0.15) is 18.1 Å². The van der Waals surface area contributed by atoms with Crippen molar-refractivity contribution in [1.82, 2.24) is 0 Å². The smallest absolute Gasteiger partial charge is 0.268 e. The molecule has 1 aliphatic heterocycles. The summed E-state index contributed by atoms with van der Waals surface area (Å²) in [6.07, 6.45) is 2.36. The standard InChI is InChI=1S/C25H21FN2O3/c1-17-25(30)28(16-19-5-3-2-4-6-19)22-13-12-21(15-23(22)31-17)27-24(29)14-9-18-7-10-20(26)11-8-18/h2-15,17H,16H2,1H3,(H,27,29)/b14-9+. The van der Waals surface area contributed by atoms with E-state index in [-0.39, 0.29) is 17.6 Å². The van der Waals surface area contributed by atoms with Gasteiger partial charge in [0.1, 0.15) is 11.6 Å². The van der Waals surface area contributed by atoms with E-state index in [0.717, 1.165) is 5.56 Å². The SMILES string of the molecule is CC1Oc2cc(NC(=O)/C=C/c3ccc(F)cc3)ccc2N(Cc2ccccc2)C1=O. The second kappa shape index (κ2) is 8.83. The summed E-state index contributed by atoms with van der Waals surface area (Å²) in [5, 5.41) is 2.78. The molecule has 0 fully saturated rings. The lowest BCUT2D eigenvalue weighted by molar-refractivity contribution is -0.125. The fraction of sp³-hybridized carbons (Fsp3) is 0.120. The van der Waals surface area contributed by atoms with E-state index < -0.39 is 6.10 Å². The minimum atomic E-state index is -0.625. The zero-order chi connectivity index (χ0) is 21.8. The van der Waals surface area contributed by atoms with E-state index in [4.69, 9.17) is 4.74 Å². The largest absolute Gasteiger partial charge is 0.479 e. The Morgan fingerprint density at radius 1 is 1.10 bits per heavy atom. The predicted molar refractivity (Wildman–Crippen MR) is 118 cm³/mol. The second-order valence-corrected chi connectivity index (χ2v) is 7.23. The van der Waals surface area contributed by atoms with Crippen molar-refractivity contribution in [3.8, 4) is 5.75 Å². The van der Waals surface area contributed by atoms with E-state index in [0.29, 0.717) is 29.2 Å². The van der Waals surface area contributed by atoms with E-state index in [1.807, 2.05) is 30.3 Å². The summed E-state index contributed by atoms with van der Waals surface area (Å²) in [5.41, 5.74) is 2.94. The first-order valence-electron chi connectivity index (χ1n) is 9.90. The van der Waals surface area contributed by atoms with Crippen LogP contribution in [0, 0.1) is 5.82 Å². The number of anilines is 2. The van der Waals surface area contributed by atoms with Gasteiger partial charge >= 0.3 is 0 Å². The van der Waals surface area contributed by atoms with Gasteiger partial charge in [-0.3, -0.25) is 9.59 Å². The van der Waals surface area contributed by atoms with Crippen LogP contribution in [0.25, 0.3) is 6.08 Å². The number of carbonyl (C=O) groups is 2. The number of halogens is 1. The van der Waals surface area contributed by atoms with Gasteiger partial charge in [0.25, 0.3) is 5.91 Å². The number of nitrogens with zero attached hydrogens (tertiary/aromatic N) is 1. The number of nitrogens with one attached hydrogen (secondary N) is 1. The Balaban J connectivity index is 1.50. The molecule has 0 aliphatic carbocycles. The third kappa shape index (κ3) is 4.80. The summed E-state index contributed by atoms with van der Waals surface area (Å²) in [5.74, 6) is -0.242. The Morgan fingerprint density at radius 3 is 2.58 bits per heavy atom. The van der Waals surface area contributed by atoms with Crippen molar-refractivity contribution < 1.29 is 18.7 Å². The lowest BCUT2D eigenvalue weighted by Crippen LogP contribution is -2.44. The first kappa shape index (κ1) is 20.3. The van der Waals surface area contributed by atoms with Gasteiger partial charge in [0.2, 0.25) is 5.91 Å². The van der Waals surface area contributed by atoms with Gasteiger partial charge in [0.15, 0.2) is 6.10 Å². The molecule has 1 unspecified atom stereocenters. The lowest BCUT2D eigenvalue weighted by Gasteiger charge is -2.33. The Kier molecular flexibility index (Phi) is 5.80. The molecule has 0 spiro atoms. The summed E-state index contributed by atoms with van der Waals surface area (Å²) < 4.78 is 18.8. The van der Waals surface area contributed by atoms with Gasteiger partial charge in [-0.25, -0.2) is 4.39 Å². The van der Waals surface area contributed by atoms with Crippen LogP contribution in [0.15, 0.2) is 78.9 Å². The van der Waals surface area contributed by atoms with Gasteiger partial charge in [-0.15, -0.1) is 0 Å². The minimum Gasteiger partial charge on any atom is -0.479 e. The van der Waals surface area contributed by atoms with Crippen molar-refractivity contribution in [2.24, 2.45) is 0 Å². The van der Waals surface area contributed by atoms with Gasteiger partial charge in [0.05, 0.1) is 12.2 Å². The van der Waals surface area contributed by atoms with Crippen LogP contribution in [0.5, 0.6) is 5.75 Å². The molecule has 0 bridgehead atoms. The Bertz CT molecular complexity index is 1130. The van der Waals surface area contributed by atoms with Gasteiger partial charge in [0, 0.05) is 17.8 Å². The van der Waals surface area contributed by atoms with E-state index in [1.54, 1.807) is 48.2 Å². The Morgan fingerprint density at radius 2 is 1.84 bits per heavy atom. The molecular weight excluding hydrogens is 395 g/mol. The third-order valence-corrected chi connectivity index (χ3v) is 4.92. The van der Waals surface area contributed by atoms with Gasteiger partial charge < -0.3 is 15.0 Å². The molecule has 1 N–H and O–H groups in total. The third-order valence-electron chi connectivity index (χ3n) is 4.92. The predicted octanol–water partition coefficient (Wildman–Crippen LogP) is 4.79. The second-order valence-electron chi connectivity index (χ2n) is 7.23. The molecule has 5 nitrogen and oxygen atoms in total. The minimum absolute atomic E-state index is 0.115. The maximum atomic E-state index is 13.0. The summed E-state index contributed by atoms with van der Waals surface area (Å²) in [4.78, 5) is 26.7. The van der Waals surface area contributed by atoms with Crippen molar-refractivity contribution in [2.45, 2.75) is 19.6 Å². The molecule has 0 saturated carbocycles. The molecule has 0 radical (unpaired) electrons. The van der Waals surface area contributed by atoms with Crippen LogP contribution >= 0.6 is 0 Å². The van der Waals surface area contributed by atoms with E-state index in [1.165, 1.54) is 18.2 Å². The average molecular weight is 416 g/mol. The summed E-state index contributed by atoms with van der Waals surface area (Å²) >= 11 is 0. The number of hydrogen-bond donors (Lipinski definition) is 1. The summed E-state index contributed by atoms with van der Waals surface area (Å²) in [6.45, 7) is 2.15. The van der Waals surface area contributed by atoms with E-state index >= 15 is 0 Å². The van der Waals surface area contributed by atoms with Gasteiger partial charge in [-0.2, -0.15) is 0 Å². The van der Waals surface area contributed by atoms with Crippen molar-refractivity contribution in [1.29, 1.82) is 0 Å². The molecule has 0 saturated heterocycles. The molecule has 6 heteroatoms. The number of carbonyl (C=O) groups excluding carboxylic acids is 2. The van der Waals surface area contributed by atoms with Gasteiger partial charge in [-0.05, 0) is 48.4 Å². The molecule has 3 aromatic carbocycles. The maximum Gasteiger partial charge on any atom is 0.268 e. The lowest BCUT2D eigenvalue weighted by atomic mass is 10.1. The first-order chi connectivity index (χ1) is 15.0. The van der Waals surface area contributed by atoms with Crippen LogP contribution in [-0.2, 0) is 16.1 Å². The number of ether oxygens (including phenoxy) is 1.